The number of carbonyl (C=O) groups is 3. The number of hydrogen-bond acceptors (Lipinski definition) is 5. The lowest BCUT2D eigenvalue weighted by molar-refractivity contribution is -0.385. The lowest BCUT2D eigenvalue weighted by Gasteiger charge is -2.18. The fourth-order valence-corrected chi connectivity index (χ4v) is 3.16. The minimum absolute atomic E-state index is 0.0609. The lowest BCUT2D eigenvalue weighted by atomic mass is 10.0. The van der Waals surface area contributed by atoms with Crippen molar-refractivity contribution in [3.63, 3.8) is 0 Å². The van der Waals surface area contributed by atoms with Gasteiger partial charge in [0.05, 0.1) is 16.5 Å². The van der Waals surface area contributed by atoms with Gasteiger partial charge in [0.2, 0.25) is 5.91 Å². The van der Waals surface area contributed by atoms with Gasteiger partial charge in [0.25, 0.3) is 17.5 Å². The van der Waals surface area contributed by atoms with Gasteiger partial charge < -0.3 is 5.32 Å². The summed E-state index contributed by atoms with van der Waals surface area (Å²) in [6, 6.07) is 9.35. The number of fused-ring (bicyclic) bond motifs is 1. The van der Waals surface area contributed by atoms with Crippen LogP contribution >= 0.6 is 0 Å². The Morgan fingerprint density at radius 3 is 2.50 bits per heavy atom. The highest BCUT2D eigenvalue weighted by molar-refractivity contribution is 6.24. The second-order valence-corrected chi connectivity index (χ2v) is 6.79. The van der Waals surface area contributed by atoms with E-state index in [2.05, 4.69) is 5.32 Å². The number of benzene rings is 2. The third kappa shape index (κ3) is 3.36. The summed E-state index contributed by atoms with van der Waals surface area (Å²) in [7, 11) is 0. The van der Waals surface area contributed by atoms with Gasteiger partial charge in [-0.2, -0.15) is 0 Å². The molecule has 8 nitrogen and oxygen atoms in total. The van der Waals surface area contributed by atoms with Crippen molar-refractivity contribution in [2.24, 2.45) is 0 Å². The van der Waals surface area contributed by atoms with E-state index in [1.807, 2.05) is 32.0 Å². The van der Waals surface area contributed by atoms with E-state index in [1.165, 1.54) is 12.1 Å². The molecule has 1 unspecified atom stereocenters. The van der Waals surface area contributed by atoms with Crippen molar-refractivity contribution >= 4 is 23.4 Å². The van der Waals surface area contributed by atoms with Crippen molar-refractivity contribution in [3.05, 3.63) is 74.3 Å². The second kappa shape index (κ2) is 7.22. The number of nitrogens with one attached hydrogen (secondary N) is 1. The quantitative estimate of drug-likeness (QED) is 0.486. The standard InChI is InChI=1S/C20H19N3O5/c1-11-7-8-14(9-12(11)2)13(3)21-17(24)10-22-19(25)15-5-4-6-16(23(27)28)18(15)20(22)26/h4-9,13H,10H2,1-3H3,(H,21,24). The summed E-state index contributed by atoms with van der Waals surface area (Å²) in [4.78, 5) is 48.6. The van der Waals surface area contributed by atoms with Gasteiger partial charge in [-0.25, -0.2) is 0 Å². The van der Waals surface area contributed by atoms with Gasteiger partial charge in [-0.05, 0) is 43.5 Å². The van der Waals surface area contributed by atoms with Crippen LogP contribution in [0.2, 0.25) is 0 Å². The average Bonchev–Trinajstić information content (AvgIpc) is 2.88. The highest BCUT2D eigenvalue weighted by Crippen LogP contribution is 2.30. The molecule has 0 radical (unpaired) electrons. The Morgan fingerprint density at radius 1 is 1.14 bits per heavy atom. The summed E-state index contributed by atoms with van der Waals surface area (Å²) < 4.78 is 0. The number of nitro benzene ring substituents is 1. The molecule has 0 fully saturated rings. The van der Waals surface area contributed by atoms with Crippen LogP contribution in [0.1, 0.15) is 50.4 Å². The number of rotatable bonds is 5. The zero-order valence-electron chi connectivity index (χ0n) is 15.7. The molecule has 2 aromatic carbocycles. The molecular formula is C20H19N3O5. The third-order valence-corrected chi connectivity index (χ3v) is 4.88. The Labute approximate surface area is 161 Å². The van der Waals surface area contributed by atoms with E-state index in [9.17, 15) is 24.5 Å². The maximum atomic E-state index is 12.5. The van der Waals surface area contributed by atoms with Crippen molar-refractivity contribution in [2.75, 3.05) is 6.54 Å². The molecular weight excluding hydrogens is 362 g/mol. The summed E-state index contributed by atoms with van der Waals surface area (Å²) in [5.74, 6) is -2.07. The molecule has 1 aliphatic rings. The summed E-state index contributed by atoms with van der Waals surface area (Å²) in [5.41, 5.74) is 2.35. The van der Waals surface area contributed by atoms with E-state index in [4.69, 9.17) is 0 Å². The Bertz CT molecular complexity index is 1010. The van der Waals surface area contributed by atoms with E-state index < -0.39 is 34.9 Å². The normalized spacial score (nSPS) is 14.0. The van der Waals surface area contributed by atoms with Crippen LogP contribution in [0.3, 0.4) is 0 Å². The Hall–Kier alpha value is -3.55. The number of nitrogens with zero attached hydrogens (tertiary/aromatic N) is 2. The zero-order valence-corrected chi connectivity index (χ0v) is 15.7. The van der Waals surface area contributed by atoms with Crippen molar-refractivity contribution in [1.82, 2.24) is 10.2 Å². The van der Waals surface area contributed by atoms with E-state index in [0.29, 0.717) is 0 Å². The Morgan fingerprint density at radius 2 is 1.86 bits per heavy atom. The van der Waals surface area contributed by atoms with Crippen LogP contribution in [0, 0.1) is 24.0 Å². The number of imide groups is 1. The van der Waals surface area contributed by atoms with E-state index in [0.717, 1.165) is 27.7 Å². The maximum Gasteiger partial charge on any atom is 0.282 e. The largest absolute Gasteiger partial charge is 0.348 e. The molecule has 1 N–H and O–H groups in total. The minimum atomic E-state index is -0.832. The van der Waals surface area contributed by atoms with Crippen molar-refractivity contribution in [1.29, 1.82) is 0 Å². The molecule has 0 aromatic heterocycles. The molecule has 8 heteroatoms. The smallest absolute Gasteiger partial charge is 0.282 e. The van der Waals surface area contributed by atoms with Crippen LogP contribution in [0.15, 0.2) is 36.4 Å². The zero-order chi connectivity index (χ0) is 20.6. The molecule has 0 saturated carbocycles. The number of amides is 3. The Balaban J connectivity index is 1.75. The van der Waals surface area contributed by atoms with Gasteiger partial charge in [-0.15, -0.1) is 0 Å². The summed E-state index contributed by atoms with van der Waals surface area (Å²) >= 11 is 0. The van der Waals surface area contributed by atoms with Crippen LogP contribution in [-0.4, -0.2) is 34.1 Å². The van der Waals surface area contributed by atoms with Gasteiger partial charge in [0.15, 0.2) is 0 Å². The fraction of sp³-hybridized carbons (Fsp3) is 0.250. The Kier molecular flexibility index (Phi) is 4.96. The first-order valence-electron chi connectivity index (χ1n) is 8.70. The number of nitro groups is 1. The predicted molar refractivity (Wildman–Crippen MR) is 101 cm³/mol. The van der Waals surface area contributed by atoms with Crippen LogP contribution < -0.4 is 5.32 Å². The fourth-order valence-electron chi connectivity index (χ4n) is 3.16. The second-order valence-electron chi connectivity index (χ2n) is 6.79. The van der Waals surface area contributed by atoms with Gasteiger partial charge in [-0.3, -0.25) is 29.4 Å². The molecule has 28 heavy (non-hydrogen) atoms. The lowest BCUT2D eigenvalue weighted by Crippen LogP contribution is -2.41. The van der Waals surface area contributed by atoms with Crippen molar-refractivity contribution in [3.8, 4) is 0 Å². The molecule has 1 aliphatic heterocycles. The van der Waals surface area contributed by atoms with Gasteiger partial charge >= 0.3 is 0 Å². The molecule has 1 atom stereocenters. The summed E-state index contributed by atoms with van der Waals surface area (Å²) in [6.07, 6.45) is 0. The molecule has 3 amide bonds. The summed E-state index contributed by atoms with van der Waals surface area (Å²) in [6.45, 7) is 5.26. The predicted octanol–water partition coefficient (Wildman–Crippen LogP) is 2.69. The van der Waals surface area contributed by atoms with E-state index in [-0.39, 0.29) is 17.2 Å². The first-order chi connectivity index (χ1) is 13.2. The molecule has 3 rings (SSSR count). The van der Waals surface area contributed by atoms with Gasteiger partial charge in [0, 0.05) is 6.07 Å². The molecule has 1 heterocycles. The van der Waals surface area contributed by atoms with Crippen LogP contribution in [-0.2, 0) is 4.79 Å². The number of carbonyl (C=O) groups excluding carboxylic acids is 3. The first kappa shape index (κ1) is 19.2. The topological polar surface area (TPSA) is 110 Å². The number of hydrogen-bond donors (Lipinski definition) is 1. The van der Waals surface area contributed by atoms with E-state index in [1.54, 1.807) is 6.92 Å². The van der Waals surface area contributed by atoms with Crippen LogP contribution in [0.4, 0.5) is 5.69 Å². The molecule has 144 valence electrons. The van der Waals surface area contributed by atoms with E-state index >= 15 is 0 Å². The van der Waals surface area contributed by atoms with Gasteiger partial charge in [0.1, 0.15) is 12.1 Å². The monoisotopic (exact) mass is 381 g/mol. The molecule has 0 aliphatic carbocycles. The van der Waals surface area contributed by atoms with Crippen molar-refractivity contribution in [2.45, 2.75) is 26.8 Å². The van der Waals surface area contributed by atoms with Crippen LogP contribution in [0.5, 0.6) is 0 Å². The highest BCUT2D eigenvalue weighted by atomic mass is 16.6. The molecule has 0 spiro atoms. The first-order valence-corrected chi connectivity index (χ1v) is 8.70. The SMILES string of the molecule is Cc1ccc(C(C)NC(=O)CN2C(=O)c3cccc([N+](=O)[O-])c3C2=O)cc1C. The minimum Gasteiger partial charge on any atom is -0.348 e. The average molecular weight is 381 g/mol. The highest BCUT2D eigenvalue weighted by Gasteiger charge is 2.41. The summed E-state index contributed by atoms with van der Waals surface area (Å²) in [5, 5.41) is 13.9. The molecule has 0 saturated heterocycles. The third-order valence-electron chi connectivity index (χ3n) is 4.88. The van der Waals surface area contributed by atoms with Crippen LogP contribution in [0.25, 0.3) is 0 Å². The number of aryl methyl sites for hydroxylation is 2. The molecule has 0 bridgehead atoms. The van der Waals surface area contributed by atoms with Gasteiger partial charge in [-0.1, -0.05) is 24.3 Å². The van der Waals surface area contributed by atoms with Crippen molar-refractivity contribution < 1.29 is 19.3 Å². The maximum absolute atomic E-state index is 12.5. The molecule has 2 aromatic rings.